The van der Waals surface area contributed by atoms with E-state index in [0.717, 1.165) is 0 Å². The molecular formula is C10H9FN4O. The van der Waals surface area contributed by atoms with Gasteiger partial charge in [-0.3, -0.25) is 4.79 Å². The number of hydrogen-bond donors (Lipinski definition) is 2. The molecule has 0 aliphatic rings. The average Bonchev–Trinajstić information content (AvgIpc) is 2.60. The van der Waals surface area contributed by atoms with Crippen molar-refractivity contribution >= 4 is 11.7 Å². The highest BCUT2D eigenvalue weighted by atomic mass is 19.1. The summed E-state index contributed by atoms with van der Waals surface area (Å²) in [5.41, 5.74) is 11.1. The van der Waals surface area contributed by atoms with Crippen LogP contribution in [0.25, 0.3) is 5.69 Å². The van der Waals surface area contributed by atoms with Crippen LogP contribution in [0.4, 0.5) is 10.2 Å². The number of nitrogen functional groups attached to an aromatic ring is 1. The fourth-order valence-electron chi connectivity index (χ4n) is 1.38. The van der Waals surface area contributed by atoms with Crippen LogP contribution in [0.15, 0.2) is 30.3 Å². The highest BCUT2D eigenvalue weighted by Crippen LogP contribution is 2.14. The van der Waals surface area contributed by atoms with Crippen molar-refractivity contribution in [1.29, 1.82) is 0 Å². The summed E-state index contributed by atoms with van der Waals surface area (Å²) >= 11 is 0. The number of primary amides is 1. The van der Waals surface area contributed by atoms with E-state index in [9.17, 15) is 9.18 Å². The van der Waals surface area contributed by atoms with Gasteiger partial charge in [0.2, 0.25) is 0 Å². The molecule has 2 aromatic rings. The van der Waals surface area contributed by atoms with Gasteiger partial charge in [-0.15, -0.1) is 5.10 Å². The van der Waals surface area contributed by atoms with Crippen molar-refractivity contribution in [2.24, 2.45) is 5.73 Å². The van der Waals surface area contributed by atoms with Gasteiger partial charge in [-0.25, -0.2) is 9.07 Å². The van der Waals surface area contributed by atoms with Crippen molar-refractivity contribution in [3.8, 4) is 5.69 Å². The third-order valence-electron chi connectivity index (χ3n) is 2.03. The van der Waals surface area contributed by atoms with Gasteiger partial charge in [-0.05, 0) is 18.2 Å². The van der Waals surface area contributed by atoms with Gasteiger partial charge in [0.15, 0.2) is 0 Å². The molecule has 0 spiro atoms. The van der Waals surface area contributed by atoms with E-state index in [1.807, 2.05) is 0 Å². The quantitative estimate of drug-likeness (QED) is 0.780. The SMILES string of the molecule is NC(=O)c1cc(N)nn1-c1cccc(F)c1. The maximum Gasteiger partial charge on any atom is 0.267 e. The van der Waals surface area contributed by atoms with Gasteiger partial charge < -0.3 is 11.5 Å². The number of rotatable bonds is 2. The first kappa shape index (κ1) is 10.2. The number of carbonyl (C=O) groups is 1. The first-order valence-electron chi connectivity index (χ1n) is 4.49. The minimum Gasteiger partial charge on any atom is -0.382 e. The molecule has 0 bridgehead atoms. The van der Waals surface area contributed by atoms with Crippen LogP contribution in [-0.4, -0.2) is 15.7 Å². The summed E-state index contributed by atoms with van der Waals surface area (Å²) in [6.07, 6.45) is 0. The Balaban J connectivity index is 2.59. The Morgan fingerprint density at radius 1 is 1.38 bits per heavy atom. The number of halogens is 1. The Kier molecular flexibility index (Phi) is 2.32. The molecule has 0 fully saturated rings. The molecule has 2 rings (SSSR count). The van der Waals surface area contributed by atoms with Gasteiger partial charge in [0.05, 0.1) is 5.69 Å². The lowest BCUT2D eigenvalue weighted by Crippen LogP contribution is -2.16. The van der Waals surface area contributed by atoms with Gasteiger partial charge >= 0.3 is 0 Å². The molecule has 4 N–H and O–H groups in total. The molecule has 0 saturated carbocycles. The summed E-state index contributed by atoms with van der Waals surface area (Å²) in [5.74, 6) is -0.950. The van der Waals surface area contributed by atoms with Gasteiger partial charge in [0.1, 0.15) is 17.3 Å². The third-order valence-corrected chi connectivity index (χ3v) is 2.03. The molecule has 0 saturated heterocycles. The Bertz CT molecular complexity index is 550. The summed E-state index contributed by atoms with van der Waals surface area (Å²) in [6.45, 7) is 0. The normalized spacial score (nSPS) is 10.3. The molecule has 0 unspecified atom stereocenters. The van der Waals surface area contributed by atoms with Crippen molar-refractivity contribution in [2.45, 2.75) is 0 Å². The minimum atomic E-state index is -0.673. The maximum absolute atomic E-state index is 13.0. The molecule has 1 aromatic carbocycles. The van der Waals surface area contributed by atoms with E-state index in [4.69, 9.17) is 11.5 Å². The zero-order valence-corrected chi connectivity index (χ0v) is 8.22. The molecular weight excluding hydrogens is 211 g/mol. The van der Waals surface area contributed by atoms with Gasteiger partial charge in [-0.2, -0.15) is 0 Å². The summed E-state index contributed by atoms with van der Waals surface area (Å²) in [5, 5.41) is 3.87. The molecule has 0 radical (unpaired) electrons. The second-order valence-corrected chi connectivity index (χ2v) is 3.21. The number of hydrogen-bond acceptors (Lipinski definition) is 3. The molecule has 0 aliphatic carbocycles. The fraction of sp³-hybridized carbons (Fsp3) is 0. The number of benzene rings is 1. The average molecular weight is 220 g/mol. The molecule has 82 valence electrons. The summed E-state index contributed by atoms with van der Waals surface area (Å²) in [6, 6.07) is 6.97. The first-order valence-corrected chi connectivity index (χ1v) is 4.49. The number of aromatic nitrogens is 2. The van der Waals surface area contributed by atoms with E-state index in [2.05, 4.69) is 5.10 Å². The van der Waals surface area contributed by atoms with Crippen LogP contribution in [0.3, 0.4) is 0 Å². The van der Waals surface area contributed by atoms with Crippen molar-refractivity contribution in [2.75, 3.05) is 5.73 Å². The lowest BCUT2D eigenvalue weighted by molar-refractivity contribution is 0.0993. The number of nitrogens with zero attached hydrogens (tertiary/aromatic N) is 2. The Labute approximate surface area is 90.5 Å². The van der Waals surface area contributed by atoms with Crippen molar-refractivity contribution in [3.63, 3.8) is 0 Å². The topological polar surface area (TPSA) is 86.9 Å². The van der Waals surface area contributed by atoms with Crippen molar-refractivity contribution in [1.82, 2.24) is 9.78 Å². The lowest BCUT2D eigenvalue weighted by Gasteiger charge is -2.04. The van der Waals surface area contributed by atoms with Crippen LogP contribution in [0.2, 0.25) is 0 Å². The van der Waals surface area contributed by atoms with E-state index in [1.165, 1.54) is 28.9 Å². The predicted molar refractivity (Wildman–Crippen MR) is 56.5 cm³/mol. The monoisotopic (exact) mass is 220 g/mol. The third kappa shape index (κ3) is 1.72. The van der Waals surface area contributed by atoms with E-state index >= 15 is 0 Å². The van der Waals surface area contributed by atoms with Crippen LogP contribution in [0.5, 0.6) is 0 Å². The predicted octanol–water partition coefficient (Wildman–Crippen LogP) is 0.692. The molecule has 0 atom stereocenters. The van der Waals surface area contributed by atoms with E-state index in [1.54, 1.807) is 6.07 Å². The Morgan fingerprint density at radius 2 is 2.12 bits per heavy atom. The van der Waals surface area contributed by atoms with Crippen LogP contribution >= 0.6 is 0 Å². The molecule has 5 nitrogen and oxygen atoms in total. The smallest absolute Gasteiger partial charge is 0.267 e. The second-order valence-electron chi connectivity index (χ2n) is 3.21. The van der Waals surface area contributed by atoms with Gasteiger partial charge in [0, 0.05) is 6.07 Å². The maximum atomic E-state index is 13.0. The van der Waals surface area contributed by atoms with Crippen LogP contribution in [0, 0.1) is 5.82 Å². The van der Waals surface area contributed by atoms with E-state index in [0.29, 0.717) is 5.69 Å². The number of amides is 1. The molecule has 0 aliphatic heterocycles. The second kappa shape index (κ2) is 3.65. The summed E-state index contributed by atoms with van der Waals surface area (Å²) in [7, 11) is 0. The van der Waals surface area contributed by atoms with Crippen molar-refractivity contribution < 1.29 is 9.18 Å². The van der Waals surface area contributed by atoms with Crippen LogP contribution in [0.1, 0.15) is 10.5 Å². The highest BCUT2D eigenvalue weighted by Gasteiger charge is 2.12. The molecule has 16 heavy (non-hydrogen) atoms. The fourth-order valence-corrected chi connectivity index (χ4v) is 1.38. The highest BCUT2D eigenvalue weighted by molar-refractivity contribution is 5.92. The van der Waals surface area contributed by atoms with Crippen LogP contribution < -0.4 is 11.5 Å². The van der Waals surface area contributed by atoms with Gasteiger partial charge in [-0.1, -0.05) is 6.07 Å². The Morgan fingerprint density at radius 3 is 2.75 bits per heavy atom. The van der Waals surface area contributed by atoms with Gasteiger partial charge in [0.25, 0.3) is 5.91 Å². The summed E-state index contributed by atoms with van der Waals surface area (Å²) in [4.78, 5) is 11.1. The zero-order valence-electron chi connectivity index (χ0n) is 8.22. The number of carbonyl (C=O) groups excluding carboxylic acids is 1. The summed E-state index contributed by atoms with van der Waals surface area (Å²) < 4.78 is 14.2. The zero-order chi connectivity index (χ0) is 11.7. The minimum absolute atomic E-state index is 0.114. The molecule has 6 heteroatoms. The lowest BCUT2D eigenvalue weighted by atomic mass is 10.3. The first-order chi connectivity index (χ1) is 7.58. The number of nitrogens with two attached hydrogens (primary N) is 2. The van der Waals surface area contributed by atoms with Crippen LogP contribution in [-0.2, 0) is 0 Å². The van der Waals surface area contributed by atoms with E-state index < -0.39 is 11.7 Å². The van der Waals surface area contributed by atoms with Crippen molar-refractivity contribution in [3.05, 3.63) is 41.8 Å². The molecule has 1 amide bonds. The van der Waals surface area contributed by atoms with E-state index in [-0.39, 0.29) is 11.5 Å². The largest absolute Gasteiger partial charge is 0.382 e. The molecule has 1 heterocycles. The molecule has 1 aromatic heterocycles. The standard InChI is InChI=1S/C10H9FN4O/c11-6-2-1-3-7(4-6)15-8(10(13)16)5-9(12)14-15/h1-5H,(H2,12,14)(H2,13,16). The number of anilines is 1. The Hall–Kier alpha value is -2.37.